The van der Waals surface area contributed by atoms with E-state index in [2.05, 4.69) is 10.2 Å². The molecule has 0 unspecified atom stereocenters. The van der Waals surface area contributed by atoms with Crippen LogP contribution in [0, 0.1) is 0 Å². The second-order valence-electron chi connectivity index (χ2n) is 3.82. The lowest BCUT2D eigenvalue weighted by Crippen LogP contribution is -2.28. The van der Waals surface area contributed by atoms with Crippen molar-refractivity contribution in [3.05, 3.63) is 18.0 Å². The minimum absolute atomic E-state index is 0.145. The Labute approximate surface area is 104 Å². The number of aryl methyl sites for hydroxylation is 1. The predicted molar refractivity (Wildman–Crippen MR) is 62.7 cm³/mol. The van der Waals surface area contributed by atoms with Gasteiger partial charge in [0, 0.05) is 13.2 Å². The van der Waals surface area contributed by atoms with E-state index in [-0.39, 0.29) is 18.9 Å². The molecule has 1 aromatic heterocycles. The van der Waals surface area contributed by atoms with E-state index in [4.69, 9.17) is 4.74 Å². The molecule has 7 heteroatoms. The van der Waals surface area contributed by atoms with Gasteiger partial charge in [0.15, 0.2) is 0 Å². The predicted octanol–water partition coefficient (Wildman–Crippen LogP) is -0.0804. The van der Waals surface area contributed by atoms with Crippen molar-refractivity contribution in [2.24, 2.45) is 12.1 Å². The summed E-state index contributed by atoms with van der Waals surface area (Å²) in [7, 11) is 1.77. The van der Waals surface area contributed by atoms with Gasteiger partial charge in [-0.25, -0.2) is 5.01 Å². The monoisotopic (exact) mass is 250 g/mol. The molecule has 2 heterocycles. The first kappa shape index (κ1) is 12.3. The fourth-order valence-electron chi connectivity index (χ4n) is 1.72. The van der Waals surface area contributed by atoms with Crippen LogP contribution in [-0.4, -0.2) is 45.5 Å². The zero-order chi connectivity index (χ0) is 13.1. The standard InChI is InChI=1S/C11H14N4O3/c1-3-18-11(17)7-15-10(16)6-8(13-15)9-4-5-12-14(9)2/h4-5H,3,6-7H2,1-2H3. The van der Waals surface area contributed by atoms with Crippen molar-refractivity contribution in [1.29, 1.82) is 0 Å². The van der Waals surface area contributed by atoms with Crippen LogP contribution in [0.3, 0.4) is 0 Å². The maximum atomic E-state index is 11.7. The normalized spacial score (nSPS) is 14.9. The van der Waals surface area contributed by atoms with Crippen molar-refractivity contribution in [3.63, 3.8) is 0 Å². The number of carbonyl (C=O) groups excluding carboxylic acids is 2. The lowest BCUT2D eigenvalue weighted by Gasteiger charge is -2.09. The number of esters is 1. The Morgan fingerprint density at radius 3 is 2.94 bits per heavy atom. The molecule has 0 atom stereocenters. The number of amides is 1. The first-order valence-electron chi connectivity index (χ1n) is 5.63. The van der Waals surface area contributed by atoms with Crippen molar-refractivity contribution in [2.75, 3.05) is 13.2 Å². The molecule has 0 spiro atoms. The Kier molecular flexibility index (Phi) is 3.40. The Morgan fingerprint density at radius 1 is 1.56 bits per heavy atom. The summed E-state index contributed by atoms with van der Waals surface area (Å²) in [5, 5.41) is 9.29. The van der Waals surface area contributed by atoms with E-state index in [1.54, 1.807) is 30.9 Å². The summed E-state index contributed by atoms with van der Waals surface area (Å²) in [5.74, 6) is -0.667. The molecule has 0 fully saturated rings. The van der Waals surface area contributed by atoms with Crippen LogP contribution in [-0.2, 0) is 21.4 Å². The second kappa shape index (κ2) is 4.99. The van der Waals surface area contributed by atoms with Gasteiger partial charge in [-0.1, -0.05) is 0 Å². The summed E-state index contributed by atoms with van der Waals surface area (Å²) in [6.07, 6.45) is 1.81. The van der Waals surface area contributed by atoms with Gasteiger partial charge in [-0.15, -0.1) is 0 Å². The Hall–Kier alpha value is -2.18. The van der Waals surface area contributed by atoms with Crippen molar-refractivity contribution < 1.29 is 14.3 Å². The number of hydrogen-bond acceptors (Lipinski definition) is 5. The molecule has 0 radical (unpaired) electrons. The fraction of sp³-hybridized carbons (Fsp3) is 0.455. The molecular weight excluding hydrogens is 236 g/mol. The molecule has 0 saturated heterocycles. The molecule has 0 aromatic carbocycles. The fourth-order valence-corrected chi connectivity index (χ4v) is 1.72. The van der Waals surface area contributed by atoms with Crippen molar-refractivity contribution >= 4 is 17.6 Å². The van der Waals surface area contributed by atoms with Crippen LogP contribution in [0.4, 0.5) is 0 Å². The van der Waals surface area contributed by atoms with E-state index >= 15 is 0 Å². The minimum Gasteiger partial charge on any atom is -0.465 e. The molecule has 1 aliphatic rings. The highest BCUT2D eigenvalue weighted by atomic mass is 16.5. The molecule has 7 nitrogen and oxygen atoms in total. The minimum atomic E-state index is -0.458. The van der Waals surface area contributed by atoms with Gasteiger partial charge < -0.3 is 4.74 Å². The summed E-state index contributed by atoms with van der Waals surface area (Å²) in [4.78, 5) is 23.0. The highest BCUT2D eigenvalue weighted by molar-refractivity contribution is 6.13. The molecule has 1 amide bonds. The first-order valence-corrected chi connectivity index (χ1v) is 5.63. The van der Waals surface area contributed by atoms with E-state index in [1.807, 2.05) is 0 Å². The molecule has 0 bridgehead atoms. The number of ether oxygens (including phenoxy) is 1. The average molecular weight is 250 g/mol. The maximum Gasteiger partial charge on any atom is 0.327 e. The molecule has 0 N–H and O–H groups in total. The van der Waals surface area contributed by atoms with Gasteiger partial charge in [0.2, 0.25) is 5.91 Å². The zero-order valence-corrected chi connectivity index (χ0v) is 10.3. The topological polar surface area (TPSA) is 76.8 Å². The van der Waals surface area contributed by atoms with E-state index in [9.17, 15) is 9.59 Å². The Balaban J connectivity index is 2.10. The molecule has 1 aromatic rings. The summed E-state index contributed by atoms with van der Waals surface area (Å²) in [5.41, 5.74) is 1.39. The highest BCUT2D eigenvalue weighted by Gasteiger charge is 2.28. The summed E-state index contributed by atoms with van der Waals surface area (Å²) in [6.45, 7) is 1.86. The third-order valence-corrected chi connectivity index (χ3v) is 2.55. The van der Waals surface area contributed by atoms with Crippen LogP contribution < -0.4 is 0 Å². The van der Waals surface area contributed by atoms with Crippen LogP contribution in [0.5, 0.6) is 0 Å². The molecule has 0 aliphatic carbocycles. The Morgan fingerprint density at radius 2 is 2.33 bits per heavy atom. The lowest BCUT2D eigenvalue weighted by atomic mass is 10.2. The largest absolute Gasteiger partial charge is 0.465 e. The van der Waals surface area contributed by atoms with Crippen molar-refractivity contribution in [1.82, 2.24) is 14.8 Å². The molecule has 0 saturated carbocycles. The summed E-state index contributed by atoms with van der Waals surface area (Å²) in [6, 6.07) is 1.78. The average Bonchev–Trinajstić information content (AvgIpc) is 2.86. The number of nitrogens with zero attached hydrogens (tertiary/aromatic N) is 4. The third kappa shape index (κ3) is 2.39. The molecule has 2 rings (SSSR count). The van der Waals surface area contributed by atoms with Gasteiger partial charge in [-0.3, -0.25) is 14.3 Å². The lowest BCUT2D eigenvalue weighted by molar-refractivity contribution is -0.148. The van der Waals surface area contributed by atoms with Gasteiger partial charge in [0.05, 0.1) is 24.4 Å². The second-order valence-corrected chi connectivity index (χ2v) is 3.82. The first-order chi connectivity index (χ1) is 8.61. The molecule has 18 heavy (non-hydrogen) atoms. The Bertz CT molecular complexity index is 506. The van der Waals surface area contributed by atoms with Crippen LogP contribution in [0.25, 0.3) is 0 Å². The maximum absolute atomic E-state index is 11.7. The molecule has 96 valence electrons. The van der Waals surface area contributed by atoms with Gasteiger partial charge in [-0.05, 0) is 13.0 Å². The van der Waals surface area contributed by atoms with Gasteiger partial charge >= 0.3 is 5.97 Å². The van der Waals surface area contributed by atoms with Crippen LogP contribution >= 0.6 is 0 Å². The van der Waals surface area contributed by atoms with E-state index in [1.165, 1.54) is 0 Å². The number of rotatable bonds is 4. The van der Waals surface area contributed by atoms with Crippen molar-refractivity contribution in [3.8, 4) is 0 Å². The summed E-state index contributed by atoms with van der Waals surface area (Å²) >= 11 is 0. The van der Waals surface area contributed by atoms with E-state index in [0.29, 0.717) is 12.3 Å². The highest BCUT2D eigenvalue weighted by Crippen LogP contribution is 2.14. The quantitative estimate of drug-likeness (QED) is 0.700. The van der Waals surface area contributed by atoms with Crippen LogP contribution in [0.15, 0.2) is 17.4 Å². The van der Waals surface area contributed by atoms with E-state index in [0.717, 1.165) is 10.7 Å². The number of hydrogen-bond donors (Lipinski definition) is 0. The molecular formula is C11H14N4O3. The smallest absolute Gasteiger partial charge is 0.327 e. The number of aromatic nitrogens is 2. The SMILES string of the molecule is CCOC(=O)CN1N=C(c2ccnn2C)CC1=O. The number of hydrazone groups is 1. The van der Waals surface area contributed by atoms with Crippen molar-refractivity contribution in [2.45, 2.75) is 13.3 Å². The zero-order valence-electron chi connectivity index (χ0n) is 10.3. The van der Waals surface area contributed by atoms with Gasteiger partial charge in [0.1, 0.15) is 6.54 Å². The number of carbonyl (C=O) groups is 2. The molecule has 1 aliphatic heterocycles. The van der Waals surface area contributed by atoms with Gasteiger partial charge in [0.25, 0.3) is 0 Å². The van der Waals surface area contributed by atoms with Gasteiger partial charge in [-0.2, -0.15) is 10.2 Å². The summed E-state index contributed by atoms with van der Waals surface area (Å²) < 4.78 is 6.42. The van der Waals surface area contributed by atoms with Crippen LogP contribution in [0.1, 0.15) is 19.0 Å². The third-order valence-electron chi connectivity index (χ3n) is 2.55. The van der Waals surface area contributed by atoms with E-state index < -0.39 is 5.97 Å². The van der Waals surface area contributed by atoms with Crippen LogP contribution in [0.2, 0.25) is 0 Å².